The van der Waals surface area contributed by atoms with Crippen molar-refractivity contribution in [2.24, 2.45) is 0 Å². The number of anilines is 1. The molecule has 1 aliphatic rings. The van der Waals surface area contributed by atoms with E-state index in [0.717, 1.165) is 25.1 Å². The summed E-state index contributed by atoms with van der Waals surface area (Å²) in [7, 11) is 1.64. The average Bonchev–Trinajstić information content (AvgIpc) is 3.24. The van der Waals surface area contributed by atoms with E-state index in [0.29, 0.717) is 17.9 Å². The van der Waals surface area contributed by atoms with E-state index in [1.165, 1.54) is 4.90 Å². The number of benzene rings is 2. The lowest BCUT2D eigenvalue weighted by Crippen LogP contribution is -2.31. The van der Waals surface area contributed by atoms with Gasteiger partial charge in [0.15, 0.2) is 6.61 Å². The predicted octanol–water partition coefficient (Wildman–Crippen LogP) is 3.06. The van der Waals surface area contributed by atoms with Gasteiger partial charge in [0.25, 0.3) is 5.91 Å². The molecule has 6 heteroatoms. The smallest absolute Gasteiger partial charge is 0.338 e. The number of para-hydroxylation sites is 1. The largest absolute Gasteiger partial charge is 0.491 e. The monoisotopic (exact) mass is 369 g/mol. The fourth-order valence-corrected chi connectivity index (χ4v) is 2.76. The Morgan fingerprint density at radius 3 is 2.52 bits per heavy atom. The molecule has 1 fully saturated rings. The highest BCUT2D eigenvalue weighted by Gasteiger charge is 2.17. The lowest BCUT2D eigenvalue weighted by atomic mass is 10.2. The summed E-state index contributed by atoms with van der Waals surface area (Å²) < 4.78 is 16.3. The van der Waals surface area contributed by atoms with Gasteiger partial charge < -0.3 is 19.1 Å². The number of esters is 1. The van der Waals surface area contributed by atoms with Crippen LogP contribution in [0.3, 0.4) is 0 Å². The molecule has 142 valence electrons. The van der Waals surface area contributed by atoms with Crippen molar-refractivity contribution in [1.82, 2.24) is 0 Å². The Morgan fingerprint density at radius 2 is 1.85 bits per heavy atom. The Bertz CT molecular complexity index is 754. The Kier molecular flexibility index (Phi) is 6.44. The van der Waals surface area contributed by atoms with Gasteiger partial charge in [0, 0.05) is 19.3 Å². The fraction of sp³-hybridized carbons (Fsp3) is 0.333. The summed E-state index contributed by atoms with van der Waals surface area (Å²) in [5.41, 5.74) is 1.11. The van der Waals surface area contributed by atoms with Gasteiger partial charge in [0.2, 0.25) is 0 Å². The van der Waals surface area contributed by atoms with Crippen molar-refractivity contribution in [2.75, 3.05) is 31.8 Å². The van der Waals surface area contributed by atoms with Crippen molar-refractivity contribution in [1.29, 1.82) is 0 Å². The normalized spacial score (nSPS) is 16.0. The van der Waals surface area contributed by atoms with Crippen LogP contribution < -0.4 is 9.64 Å². The van der Waals surface area contributed by atoms with Gasteiger partial charge in [0.05, 0.1) is 11.7 Å². The summed E-state index contributed by atoms with van der Waals surface area (Å²) in [5.74, 6) is -0.177. The number of carbonyl (C=O) groups is 2. The van der Waals surface area contributed by atoms with Gasteiger partial charge in [0.1, 0.15) is 12.4 Å². The highest BCUT2D eigenvalue weighted by molar-refractivity contribution is 5.96. The maximum atomic E-state index is 12.2. The fourth-order valence-electron chi connectivity index (χ4n) is 2.76. The Morgan fingerprint density at radius 1 is 1.11 bits per heavy atom. The summed E-state index contributed by atoms with van der Waals surface area (Å²) in [5, 5.41) is 0. The van der Waals surface area contributed by atoms with E-state index in [9.17, 15) is 9.59 Å². The molecule has 1 saturated heterocycles. The molecule has 0 bridgehead atoms. The molecule has 1 atom stereocenters. The minimum absolute atomic E-state index is 0.141. The number of hydrogen-bond donors (Lipinski definition) is 0. The number of hydrogen-bond acceptors (Lipinski definition) is 5. The summed E-state index contributed by atoms with van der Waals surface area (Å²) in [6.07, 6.45) is 2.22. The van der Waals surface area contributed by atoms with Crippen LogP contribution in [0.25, 0.3) is 0 Å². The van der Waals surface area contributed by atoms with Crippen LogP contribution in [0, 0.1) is 0 Å². The Balaban J connectivity index is 1.46. The predicted molar refractivity (Wildman–Crippen MR) is 101 cm³/mol. The molecule has 2 aromatic carbocycles. The van der Waals surface area contributed by atoms with E-state index in [1.807, 2.05) is 30.3 Å². The van der Waals surface area contributed by atoms with Gasteiger partial charge in [-0.25, -0.2) is 4.79 Å². The molecule has 1 amide bonds. The van der Waals surface area contributed by atoms with Crippen molar-refractivity contribution < 1.29 is 23.8 Å². The minimum Gasteiger partial charge on any atom is -0.491 e. The van der Waals surface area contributed by atoms with Crippen LogP contribution in [0.2, 0.25) is 0 Å². The van der Waals surface area contributed by atoms with Crippen LogP contribution in [0.1, 0.15) is 23.2 Å². The van der Waals surface area contributed by atoms with E-state index in [1.54, 1.807) is 31.3 Å². The molecule has 0 aliphatic carbocycles. The van der Waals surface area contributed by atoms with Gasteiger partial charge in [-0.1, -0.05) is 18.2 Å². The number of carbonyl (C=O) groups excluding carboxylic acids is 2. The van der Waals surface area contributed by atoms with Gasteiger partial charge >= 0.3 is 5.97 Å². The first kappa shape index (κ1) is 18.9. The zero-order chi connectivity index (χ0) is 19.1. The molecule has 27 heavy (non-hydrogen) atoms. The molecule has 1 heterocycles. The number of amides is 1. The zero-order valence-corrected chi connectivity index (χ0v) is 15.3. The van der Waals surface area contributed by atoms with Crippen molar-refractivity contribution in [3.63, 3.8) is 0 Å². The highest BCUT2D eigenvalue weighted by Crippen LogP contribution is 2.17. The van der Waals surface area contributed by atoms with Crippen molar-refractivity contribution in [2.45, 2.75) is 18.9 Å². The average molecular weight is 369 g/mol. The second-order valence-corrected chi connectivity index (χ2v) is 6.33. The van der Waals surface area contributed by atoms with Crippen molar-refractivity contribution in [3.8, 4) is 5.75 Å². The second-order valence-electron chi connectivity index (χ2n) is 6.33. The SMILES string of the molecule is CN(C(=O)COC(=O)c1ccc(OC[C@@H]2CCCO2)cc1)c1ccccc1. The van der Waals surface area contributed by atoms with E-state index in [4.69, 9.17) is 14.2 Å². The van der Waals surface area contributed by atoms with Gasteiger partial charge in [-0.05, 0) is 49.2 Å². The van der Waals surface area contributed by atoms with Crippen LogP contribution in [-0.2, 0) is 14.3 Å². The summed E-state index contributed by atoms with van der Waals surface area (Å²) in [6.45, 7) is 0.975. The summed E-state index contributed by atoms with van der Waals surface area (Å²) in [6, 6.07) is 15.9. The summed E-state index contributed by atoms with van der Waals surface area (Å²) >= 11 is 0. The minimum atomic E-state index is -0.546. The lowest BCUT2D eigenvalue weighted by Gasteiger charge is -2.17. The maximum Gasteiger partial charge on any atom is 0.338 e. The molecule has 6 nitrogen and oxygen atoms in total. The number of nitrogens with zero attached hydrogens (tertiary/aromatic N) is 1. The molecule has 3 rings (SSSR count). The zero-order valence-electron chi connectivity index (χ0n) is 15.3. The third kappa shape index (κ3) is 5.31. The van der Waals surface area contributed by atoms with Crippen LogP contribution in [-0.4, -0.2) is 44.8 Å². The van der Waals surface area contributed by atoms with E-state index < -0.39 is 5.97 Å². The van der Waals surface area contributed by atoms with E-state index in [-0.39, 0.29) is 18.6 Å². The van der Waals surface area contributed by atoms with Crippen molar-refractivity contribution >= 4 is 17.6 Å². The Labute approximate surface area is 158 Å². The van der Waals surface area contributed by atoms with Crippen LogP contribution in [0.5, 0.6) is 5.75 Å². The van der Waals surface area contributed by atoms with E-state index >= 15 is 0 Å². The molecule has 0 saturated carbocycles. The molecule has 0 N–H and O–H groups in total. The Hall–Kier alpha value is -2.86. The topological polar surface area (TPSA) is 65.1 Å². The van der Waals surface area contributed by atoms with E-state index in [2.05, 4.69) is 0 Å². The third-order valence-electron chi connectivity index (χ3n) is 4.39. The lowest BCUT2D eigenvalue weighted by molar-refractivity contribution is -0.121. The molecule has 0 aromatic heterocycles. The first-order valence-electron chi connectivity index (χ1n) is 8.96. The van der Waals surface area contributed by atoms with Crippen molar-refractivity contribution in [3.05, 3.63) is 60.2 Å². The van der Waals surface area contributed by atoms with Crippen LogP contribution in [0.4, 0.5) is 5.69 Å². The number of rotatable bonds is 7. The molecule has 2 aromatic rings. The highest BCUT2D eigenvalue weighted by atomic mass is 16.5. The number of ether oxygens (including phenoxy) is 3. The second kappa shape index (κ2) is 9.19. The maximum absolute atomic E-state index is 12.2. The van der Waals surface area contributed by atoms with Gasteiger partial charge in [-0.15, -0.1) is 0 Å². The van der Waals surface area contributed by atoms with Crippen LogP contribution in [0.15, 0.2) is 54.6 Å². The quantitative estimate of drug-likeness (QED) is 0.702. The number of likely N-dealkylation sites (N-methyl/N-ethyl adjacent to an activating group) is 1. The summed E-state index contributed by atoms with van der Waals surface area (Å²) in [4.78, 5) is 25.7. The van der Waals surface area contributed by atoms with Gasteiger partial charge in [-0.2, -0.15) is 0 Å². The molecular weight excluding hydrogens is 346 g/mol. The molecular formula is C21H23NO5. The molecule has 0 radical (unpaired) electrons. The third-order valence-corrected chi connectivity index (χ3v) is 4.39. The van der Waals surface area contributed by atoms with Crippen LogP contribution >= 0.6 is 0 Å². The first-order chi connectivity index (χ1) is 13.1. The molecule has 0 unspecified atom stereocenters. The molecule has 0 spiro atoms. The van der Waals surface area contributed by atoms with Gasteiger partial charge in [-0.3, -0.25) is 4.79 Å². The first-order valence-corrected chi connectivity index (χ1v) is 8.96. The standard InChI is InChI=1S/C21H23NO5/c1-22(17-6-3-2-4-7-17)20(23)15-27-21(24)16-9-11-18(12-10-16)26-14-19-8-5-13-25-19/h2-4,6-7,9-12,19H,5,8,13-15H2,1H3/t19-/m0/s1. The molecule has 1 aliphatic heterocycles.